The summed E-state index contributed by atoms with van der Waals surface area (Å²) < 4.78 is 34.0. The van der Waals surface area contributed by atoms with E-state index >= 15 is 0 Å². The highest BCUT2D eigenvalue weighted by Gasteiger charge is 2.31. The molecule has 1 fully saturated rings. The molecule has 30 heavy (non-hydrogen) atoms. The van der Waals surface area contributed by atoms with Crippen LogP contribution in [0.1, 0.15) is 23.2 Å². The van der Waals surface area contributed by atoms with Gasteiger partial charge in [0.25, 0.3) is 15.9 Å². The number of nitrogens with one attached hydrogen (secondary N) is 2. The molecule has 1 aliphatic carbocycles. The Balaban J connectivity index is 1.66. The Morgan fingerprint density at radius 1 is 1.17 bits per heavy atom. The van der Waals surface area contributed by atoms with Gasteiger partial charge in [-0.25, -0.2) is 13.4 Å². The van der Waals surface area contributed by atoms with Crippen molar-refractivity contribution in [2.75, 3.05) is 29.1 Å². The number of para-hydroxylation sites is 1. The van der Waals surface area contributed by atoms with Crippen molar-refractivity contribution in [1.29, 1.82) is 0 Å². The summed E-state index contributed by atoms with van der Waals surface area (Å²) in [6, 6.07) is 11.9. The molecular weight excluding hydrogens is 404 g/mol. The van der Waals surface area contributed by atoms with E-state index in [1.165, 1.54) is 13.2 Å². The molecule has 154 valence electrons. The first-order chi connectivity index (χ1) is 14.4. The number of carbonyl (C=O) groups is 1. The number of aromatic nitrogens is 1. The third kappa shape index (κ3) is 2.93. The average Bonchev–Trinajstić information content (AvgIpc) is 3.52. The molecule has 0 unspecified atom stereocenters. The van der Waals surface area contributed by atoms with Crippen molar-refractivity contribution in [3.8, 4) is 5.75 Å². The largest absolute Gasteiger partial charge is 0.495 e. The maximum Gasteiger partial charge on any atom is 0.265 e. The maximum absolute atomic E-state index is 13.1. The minimum Gasteiger partial charge on any atom is -0.495 e. The molecule has 0 bridgehead atoms. The molecule has 1 amide bonds. The van der Waals surface area contributed by atoms with E-state index in [2.05, 4.69) is 15.0 Å². The molecule has 2 heterocycles. The van der Waals surface area contributed by atoms with Gasteiger partial charge in [-0.15, -0.1) is 0 Å². The second-order valence-corrected chi connectivity index (χ2v) is 9.10. The van der Waals surface area contributed by atoms with Crippen LogP contribution in [-0.2, 0) is 10.0 Å². The molecule has 9 heteroatoms. The average molecular weight is 424 g/mol. The summed E-state index contributed by atoms with van der Waals surface area (Å²) in [5.41, 5.74) is 1.96. The first kappa shape index (κ1) is 18.7. The highest BCUT2D eigenvalue weighted by atomic mass is 32.2. The smallest absolute Gasteiger partial charge is 0.265 e. The molecule has 1 saturated carbocycles. The number of anilines is 3. The van der Waals surface area contributed by atoms with Crippen molar-refractivity contribution in [3.63, 3.8) is 0 Å². The molecule has 1 aromatic heterocycles. The number of methoxy groups -OCH3 is 1. The molecule has 0 saturated heterocycles. The summed E-state index contributed by atoms with van der Waals surface area (Å²) in [7, 11) is -0.816. The van der Waals surface area contributed by atoms with E-state index in [0.717, 1.165) is 12.8 Å². The lowest BCUT2D eigenvalue weighted by atomic mass is 10.1. The number of nitrogens with zero attached hydrogens (tertiary/aromatic N) is 2. The number of hydrogen-bond acceptors (Lipinski definition) is 6. The van der Waals surface area contributed by atoms with Gasteiger partial charge < -0.3 is 15.0 Å². The molecular formula is C21H20N4O4S. The fourth-order valence-corrected chi connectivity index (χ4v) is 4.93. The van der Waals surface area contributed by atoms with Crippen molar-refractivity contribution < 1.29 is 17.9 Å². The Labute approximate surface area is 173 Å². The third-order valence-electron chi connectivity index (χ3n) is 5.37. The zero-order chi connectivity index (χ0) is 21.0. The molecule has 0 spiro atoms. The zero-order valence-corrected chi connectivity index (χ0v) is 17.3. The van der Waals surface area contributed by atoms with Crippen LogP contribution in [0.3, 0.4) is 0 Å². The van der Waals surface area contributed by atoms with Crippen molar-refractivity contribution in [2.45, 2.75) is 23.8 Å². The zero-order valence-electron chi connectivity index (χ0n) is 16.5. The molecule has 2 N–H and O–H groups in total. The number of sulfonamides is 1. The Hall–Kier alpha value is -3.33. The first-order valence-electron chi connectivity index (χ1n) is 9.57. The number of hydrogen-bond donors (Lipinski definition) is 2. The van der Waals surface area contributed by atoms with Gasteiger partial charge in [0.15, 0.2) is 0 Å². The maximum atomic E-state index is 13.1. The number of pyridine rings is 1. The van der Waals surface area contributed by atoms with E-state index in [1.54, 1.807) is 48.3 Å². The van der Waals surface area contributed by atoms with Crippen LogP contribution in [0.5, 0.6) is 5.75 Å². The molecule has 5 rings (SSSR count). The van der Waals surface area contributed by atoms with Crippen molar-refractivity contribution in [3.05, 3.63) is 48.0 Å². The van der Waals surface area contributed by atoms with Crippen LogP contribution in [0, 0.1) is 0 Å². The highest BCUT2D eigenvalue weighted by molar-refractivity contribution is 7.92. The standard InChI is InChI=1S/C21H20N4O4S/c1-25-15-10-9-14(24-30(27,28)17-6-4-3-5-16(17)29-2)20-19(15)13(21(25)26)11-18(23-20)22-12-7-8-12/h3-6,9-12,24H,7-8H2,1-2H3,(H,22,23). The lowest BCUT2D eigenvalue weighted by Gasteiger charge is -2.15. The van der Waals surface area contributed by atoms with Crippen molar-refractivity contribution in [1.82, 2.24) is 4.98 Å². The summed E-state index contributed by atoms with van der Waals surface area (Å²) in [6.45, 7) is 0. The van der Waals surface area contributed by atoms with Crippen LogP contribution < -0.4 is 19.7 Å². The van der Waals surface area contributed by atoms with Crippen LogP contribution in [0.4, 0.5) is 17.2 Å². The number of amides is 1. The number of rotatable bonds is 6. The Morgan fingerprint density at radius 3 is 2.67 bits per heavy atom. The predicted molar refractivity (Wildman–Crippen MR) is 115 cm³/mol. The van der Waals surface area contributed by atoms with Crippen LogP contribution in [0.2, 0.25) is 0 Å². The summed E-state index contributed by atoms with van der Waals surface area (Å²) in [4.78, 5) is 19.0. The minimum atomic E-state index is -3.94. The quantitative estimate of drug-likeness (QED) is 0.630. The summed E-state index contributed by atoms with van der Waals surface area (Å²) in [6.07, 6.45) is 2.10. The number of carbonyl (C=O) groups excluding carboxylic acids is 1. The Kier molecular flexibility index (Phi) is 4.11. The monoisotopic (exact) mass is 424 g/mol. The Bertz CT molecular complexity index is 1300. The second kappa shape index (κ2) is 6.60. The number of benzene rings is 2. The van der Waals surface area contributed by atoms with E-state index in [0.29, 0.717) is 39.7 Å². The predicted octanol–water partition coefficient (Wildman–Crippen LogP) is 3.21. The van der Waals surface area contributed by atoms with E-state index in [4.69, 9.17) is 4.74 Å². The fourth-order valence-electron chi connectivity index (χ4n) is 3.70. The van der Waals surface area contributed by atoms with Gasteiger partial charge >= 0.3 is 0 Å². The SMILES string of the molecule is COc1ccccc1S(=O)(=O)Nc1ccc2c3c(cc(NC4CC4)nc13)C(=O)N2C. The Morgan fingerprint density at radius 2 is 1.93 bits per heavy atom. The molecule has 8 nitrogen and oxygen atoms in total. The highest BCUT2D eigenvalue weighted by Crippen LogP contribution is 2.41. The molecule has 0 radical (unpaired) electrons. The topological polar surface area (TPSA) is 101 Å². The van der Waals surface area contributed by atoms with Gasteiger partial charge in [0.2, 0.25) is 0 Å². The van der Waals surface area contributed by atoms with E-state index < -0.39 is 10.0 Å². The van der Waals surface area contributed by atoms with Gasteiger partial charge in [0.1, 0.15) is 16.5 Å². The molecule has 3 aromatic rings. The fraction of sp³-hybridized carbons (Fsp3) is 0.238. The molecule has 2 aliphatic rings. The second-order valence-electron chi connectivity index (χ2n) is 7.45. The first-order valence-corrected chi connectivity index (χ1v) is 11.1. The molecule has 1 aliphatic heterocycles. The summed E-state index contributed by atoms with van der Waals surface area (Å²) in [5.74, 6) is 0.675. The van der Waals surface area contributed by atoms with Crippen LogP contribution >= 0.6 is 0 Å². The van der Waals surface area contributed by atoms with Crippen LogP contribution in [0.25, 0.3) is 10.9 Å². The molecule has 2 aromatic carbocycles. The van der Waals surface area contributed by atoms with Crippen molar-refractivity contribution >= 4 is 44.0 Å². The lowest BCUT2D eigenvalue weighted by molar-refractivity contribution is 0.0999. The van der Waals surface area contributed by atoms with E-state index in [-0.39, 0.29) is 16.6 Å². The van der Waals surface area contributed by atoms with Crippen LogP contribution in [-0.4, -0.2) is 39.5 Å². The van der Waals surface area contributed by atoms with Gasteiger partial charge in [0, 0.05) is 18.5 Å². The summed E-state index contributed by atoms with van der Waals surface area (Å²) in [5, 5.41) is 3.94. The normalized spacial score (nSPS) is 15.5. The van der Waals surface area contributed by atoms with Gasteiger partial charge in [-0.3, -0.25) is 9.52 Å². The lowest BCUT2D eigenvalue weighted by Crippen LogP contribution is -2.20. The van der Waals surface area contributed by atoms with Crippen LogP contribution in [0.15, 0.2) is 47.4 Å². The number of ether oxygens (including phenoxy) is 1. The summed E-state index contributed by atoms with van der Waals surface area (Å²) >= 11 is 0. The van der Waals surface area contributed by atoms with Gasteiger partial charge in [-0.1, -0.05) is 12.1 Å². The van der Waals surface area contributed by atoms with Gasteiger partial charge in [-0.05, 0) is 43.2 Å². The molecule has 0 atom stereocenters. The third-order valence-corrected chi connectivity index (χ3v) is 6.77. The minimum absolute atomic E-state index is 0.0280. The van der Waals surface area contributed by atoms with Gasteiger partial charge in [-0.2, -0.15) is 0 Å². The van der Waals surface area contributed by atoms with E-state index in [9.17, 15) is 13.2 Å². The van der Waals surface area contributed by atoms with E-state index in [1.807, 2.05) is 0 Å². The van der Waals surface area contributed by atoms with Crippen molar-refractivity contribution in [2.24, 2.45) is 0 Å². The van der Waals surface area contributed by atoms with Gasteiger partial charge in [0.05, 0.1) is 29.6 Å².